The molecule has 1 aromatic heterocycles. The van der Waals surface area contributed by atoms with Crippen molar-refractivity contribution in [1.29, 1.82) is 0 Å². The molecule has 0 radical (unpaired) electrons. The number of rotatable bonds is 9. The zero-order valence-electron chi connectivity index (χ0n) is 18.4. The summed E-state index contributed by atoms with van der Waals surface area (Å²) in [6, 6.07) is 8.64. The molecule has 0 fully saturated rings. The van der Waals surface area contributed by atoms with E-state index in [1.807, 2.05) is 32.0 Å². The van der Waals surface area contributed by atoms with Crippen LogP contribution in [-0.2, 0) is 24.1 Å². The van der Waals surface area contributed by atoms with Crippen LogP contribution in [0.1, 0.15) is 22.5 Å². The lowest BCUT2D eigenvalue weighted by Crippen LogP contribution is -2.16. The average Bonchev–Trinajstić information content (AvgIpc) is 3.15. The van der Waals surface area contributed by atoms with Crippen molar-refractivity contribution in [1.82, 2.24) is 14.8 Å². The number of aryl methyl sites for hydroxylation is 2. The van der Waals surface area contributed by atoms with E-state index in [9.17, 15) is 18.0 Å². The second kappa shape index (κ2) is 11.0. The quantitative estimate of drug-likeness (QED) is 0.280. The van der Waals surface area contributed by atoms with Crippen molar-refractivity contribution in [2.75, 3.05) is 11.1 Å². The Morgan fingerprint density at radius 1 is 1.24 bits per heavy atom. The van der Waals surface area contributed by atoms with Crippen LogP contribution in [0.5, 0.6) is 5.75 Å². The number of carbonyl (C=O) groups is 1. The molecule has 0 saturated heterocycles. The Morgan fingerprint density at radius 2 is 2.00 bits per heavy atom. The fourth-order valence-corrected chi connectivity index (χ4v) is 3.90. The van der Waals surface area contributed by atoms with Crippen LogP contribution in [0.25, 0.3) is 0 Å². The first kappa shape index (κ1) is 25.6. The van der Waals surface area contributed by atoms with Gasteiger partial charge in [-0.05, 0) is 49.2 Å². The smallest absolute Gasteiger partial charge is 0.416 e. The van der Waals surface area contributed by atoms with Gasteiger partial charge in [0.1, 0.15) is 12.4 Å². The summed E-state index contributed by atoms with van der Waals surface area (Å²) >= 11 is 7.03. The van der Waals surface area contributed by atoms with Crippen LogP contribution in [0.3, 0.4) is 0 Å². The van der Waals surface area contributed by atoms with Gasteiger partial charge in [0, 0.05) is 6.54 Å². The van der Waals surface area contributed by atoms with Gasteiger partial charge in [0.05, 0.1) is 22.0 Å². The van der Waals surface area contributed by atoms with Gasteiger partial charge in [-0.15, -0.1) is 16.8 Å². The number of nitrogens with one attached hydrogen (secondary N) is 1. The van der Waals surface area contributed by atoms with Gasteiger partial charge in [-0.3, -0.25) is 9.36 Å². The predicted molar refractivity (Wildman–Crippen MR) is 126 cm³/mol. The van der Waals surface area contributed by atoms with Crippen molar-refractivity contribution in [2.24, 2.45) is 0 Å². The van der Waals surface area contributed by atoms with E-state index >= 15 is 0 Å². The predicted octanol–water partition coefficient (Wildman–Crippen LogP) is 6.06. The standard InChI is InChI=1S/C23H22ClF3N4O2S/c1-4-9-31-20(12-33-19-10-14(2)5-6-15(19)3)29-30-22(31)34-13-21(32)28-18-11-16(23(25,26)27)7-8-17(18)24/h4-8,10-11H,1,9,12-13H2,2-3H3,(H,28,32). The summed E-state index contributed by atoms with van der Waals surface area (Å²) in [5.41, 5.74) is 1.03. The lowest BCUT2D eigenvalue weighted by molar-refractivity contribution is -0.137. The van der Waals surface area contributed by atoms with Gasteiger partial charge in [-0.1, -0.05) is 41.6 Å². The largest absolute Gasteiger partial charge is 0.485 e. The fourth-order valence-electron chi connectivity index (χ4n) is 2.96. The number of allylic oxidation sites excluding steroid dienone is 1. The highest BCUT2D eigenvalue weighted by atomic mass is 35.5. The Balaban J connectivity index is 1.67. The van der Waals surface area contributed by atoms with Gasteiger partial charge in [0.15, 0.2) is 11.0 Å². The molecule has 0 aliphatic rings. The number of thioether (sulfide) groups is 1. The minimum atomic E-state index is -4.55. The number of nitrogens with zero attached hydrogens (tertiary/aromatic N) is 3. The summed E-state index contributed by atoms with van der Waals surface area (Å²) in [6.45, 7) is 8.21. The molecule has 34 heavy (non-hydrogen) atoms. The van der Waals surface area contributed by atoms with Crippen molar-refractivity contribution in [3.05, 3.63) is 76.6 Å². The van der Waals surface area contributed by atoms with Crippen LogP contribution in [0.2, 0.25) is 5.02 Å². The van der Waals surface area contributed by atoms with Gasteiger partial charge in [-0.25, -0.2) is 0 Å². The van der Waals surface area contributed by atoms with Crippen LogP contribution in [-0.4, -0.2) is 26.4 Å². The summed E-state index contributed by atoms with van der Waals surface area (Å²) in [6.07, 6.45) is -2.88. The Kier molecular flexibility index (Phi) is 8.27. The molecule has 11 heteroatoms. The maximum absolute atomic E-state index is 12.9. The molecule has 1 amide bonds. The molecule has 6 nitrogen and oxygen atoms in total. The number of carbonyl (C=O) groups excluding carboxylic acids is 1. The molecule has 0 aliphatic carbocycles. The summed E-state index contributed by atoms with van der Waals surface area (Å²) in [4.78, 5) is 12.4. The van der Waals surface area contributed by atoms with E-state index < -0.39 is 17.6 Å². The zero-order chi connectivity index (χ0) is 24.9. The highest BCUT2D eigenvalue weighted by molar-refractivity contribution is 7.99. The molecule has 1 heterocycles. The summed E-state index contributed by atoms with van der Waals surface area (Å²) in [5, 5.41) is 11.2. The minimum Gasteiger partial charge on any atom is -0.485 e. The number of ether oxygens (including phenoxy) is 1. The zero-order valence-corrected chi connectivity index (χ0v) is 20.0. The van der Waals surface area contributed by atoms with Crippen LogP contribution < -0.4 is 10.1 Å². The van der Waals surface area contributed by atoms with E-state index in [0.717, 1.165) is 46.8 Å². The van der Waals surface area contributed by atoms with E-state index in [2.05, 4.69) is 22.1 Å². The number of hydrogen-bond donors (Lipinski definition) is 1. The van der Waals surface area contributed by atoms with Crippen molar-refractivity contribution in [3.8, 4) is 5.75 Å². The minimum absolute atomic E-state index is 0.00653. The Morgan fingerprint density at radius 3 is 2.71 bits per heavy atom. The van der Waals surface area contributed by atoms with Gasteiger partial charge < -0.3 is 10.1 Å². The first-order valence-electron chi connectivity index (χ1n) is 10.1. The molecule has 0 saturated carbocycles. The highest BCUT2D eigenvalue weighted by Gasteiger charge is 2.31. The number of benzene rings is 2. The maximum Gasteiger partial charge on any atom is 0.416 e. The third-order valence-electron chi connectivity index (χ3n) is 4.71. The molecular formula is C23H22ClF3N4O2S. The number of alkyl halides is 3. The van der Waals surface area contributed by atoms with Crippen LogP contribution in [0.15, 0.2) is 54.2 Å². The monoisotopic (exact) mass is 510 g/mol. The molecule has 0 aliphatic heterocycles. The SMILES string of the molecule is C=CCn1c(COc2cc(C)ccc2C)nnc1SCC(=O)Nc1cc(C(F)(F)F)ccc1Cl. The Hall–Kier alpha value is -2.98. The van der Waals surface area contributed by atoms with E-state index in [1.54, 1.807) is 10.6 Å². The summed E-state index contributed by atoms with van der Waals surface area (Å²) in [5.74, 6) is 0.636. The normalized spacial score (nSPS) is 11.4. The lowest BCUT2D eigenvalue weighted by Gasteiger charge is -2.12. The number of hydrogen-bond acceptors (Lipinski definition) is 5. The maximum atomic E-state index is 12.9. The topological polar surface area (TPSA) is 69.0 Å². The molecule has 180 valence electrons. The Labute approximate surface area is 204 Å². The lowest BCUT2D eigenvalue weighted by atomic mass is 10.1. The molecule has 0 atom stereocenters. The fraction of sp³-hybridized carbons (Fsp3) is 0.261. The second-order valence-corrected chi connectivity index (χ2v) is 8.73. The van der Waals surface area contributed by atoms with E-state index in [0.29, 0.717) is 17.5 Å². The van der Waals surface area contributed by atoms with Crippen LogP contribution in [0.4, 0.5) is 18.9 Å². The number of halogens is 4. The molecule has 3 aromatic rings. The molecule has 1 N–H and O–H groups in total. The Bertz CT molecular complexity index is 1200. The third-order valence-corrected chi connectivity index (χ3v) is 6.00. The second-order valence-electron chi connectivity index (χ2n) is 7.38. The number of aromatic nitrogens is 3. The summed E-state index contributed by atoms with van der Waals surface area (Å²) < 4.78 is 46.5. The molecule has 0 bridgehead atoms. The van der Waals surface area contributed by atoms with Crippen LogP contribution >= 0.6 is 23.4 Å². The van der Waals surface area contributed by atoms with Crippen molar-refractivity contribution >= 4 is 35.0 Å². The van der Waals surface area contributed by atoms with Crippen molar-refractivity contribution in [3.63, 3.8) is 0 Å². The van der Waals surface area contributed by atoms with Crippen molar-refractivity contribution in [2.45, 2.75) is 38.3 Å². The first-order chi connectivity index (χ1) is 16.1. The highest BCUT2D eigenvalue weighted by Crippen LogP contribution is 2.34. The van der Waals surface area contributed by atoms with Crippen LogP contribution in [0, 0.1) is 13.8 Å². The van der Waals surface area contributed by atoms with Gasteiger partial charge in [0.25, 0.3) is 0 Å². The van der Waals surface area contributed by atoms with Gasteiger partial charge in [0.2, 0.25) is 5.91 Å². The average molecular weight is 511 g/mol. The van der Waals surface area contributed by atoms with E-state index in [1.165, 1.54) is 0 Å². The van der Waals surface area contributed by atoms with Crippen molar-refractivity contribution < 1.29 is 22.7 Å². The first-order valence-corrected chi connectivity index (χ1v) is 11.5. The van der Waals surface area contributed by atoms with E-state index in [4.69, 9.17) is 16.3 Å². The molecule has 2 aromatic carbocycles. The third kappa shape index (κ3) is 6.54. The number of anilines is 1. The van der Waals surface area contributed by atoms with Gasteiger partial charge in [-0.2, -0.15) is 13.2 Å². The van der Waals surface area contributed by atoms with E-state index in [-0.39, 0.29) is 23.1 Å². The molecule has 3 rings (SSSR count). The molecule has 0 spiro atoms. The molecular weight excluding hydrogens is 489 g/mol. The summed E-state index contributed by atoms with van der Waals surface area (Å²) in [7, 11) is 0. The van der Waals surface area contributed by atoms with Gasteiger partial charge >= 0.3 is 6.18 Å². The number of amides is 1. The molecule has 0 unspecified atom stereocenters.